The number of anilines is 1. The van der Waals surface area contributed by atoms with Crippen molar-refractivity contribution in [3.63, 3.8) is 0 Å². The number of hydrazine groups is 1. The molecule has 20 heavy (non-hydrogen) atoms. The van der Waals surface area contributed by atoms with Crippen LogP contribution in [0.25, 0.3) is 10.9 Å². The maximum absolute atomic E-state index is 13.8. The van der Waals surface area contributed by atoms with Crippen LogP contribution in [-0.2, 0) is 0 Å². The van der Waals surface area contributed by atoms with Crippen LogP contribution in [0.1, 0.15) is 13.3 Å². The first-order valence-electron chi connectivity index (χ1n) is 6.93. The summed E-state index contributed by atoms with van der Waals surface area (Å²) in [6.07, 6.45) is 2.68. The van der Waals surface area contributed by atoms with Gasteiger partial charge in [0.2, 0.25) is 0 Å². The Morgan fingerprint density at radius 1 is 1.35 bits per heavy atom. The molecule has 3 rings (SSSR count). The number of hydrogen-bond donors (Lipinski definition) is 2. The van der Waals surface area contributed by atoms with Crippen LogP contribution in [0.5, 0.6) is 0 Å². The van der Waals surface area contributed by atoms with Crippen molar-refractivity contribution in [2.75, 3.05) is 18.0 Å². The van der Waals surface area contributed by atoms with E-state index in [-0.39, 0.29) is 11.9 Å². The van der Waals surface area contributed by atoms with Crippen molar-refractivity contribution in [3.05, 3.63) is 36.3 Å². The Kier molecular flexibility index (Phi) is 3.54. The number of nitrogens with one attached hydrogen (secondary N) is 1. The normalized spacial score (nSPS) is 23.2. The van der Waals surface area contributed by atoms with Gasteiger partial charge >= 0.3 is 0 Å². The van der Waals surface area contributed by atoms with Crippen LogP contribution in [0.15, 0.2) is 30.5 Å². The van der Waals surface area contributed by atoms with Crippen molar-refractivity contribution < 1.29 is 4.39 Å². The Morgan fingerprint density at radius 3 is 3.00 bits per heavy atom. The third kappa shape index (κ3) is 2.34. The molecular formula is C15H19FN4. The molecule has 1 aliphatic heterocycles. The summed E-state index contributed by atoms with van der Waals surface area (Å²) in [4.78, 5) is 6.42. The van der Waals surface area contributed by atoms with Gasteiger partial charge in [-0.05, 0) is 36.6 Å². The standard InChI is InChI=1S/C15H19FN4/c1-10-7-11(19-17)9-20(8-10)14-5-4-13(16)15-12(14)3-2-6-18-15/h2-6,10-11,19H,7-9,17H2,1H3/t10-,11+/m0/s1. The van der Waals surface area contributed by atoms with Crippen LogP contribution in [0.4, 0.5) is 10.1 Å². The Labute approximate surface area is 117 Å². The third-order valence-corrected chi connectivity index (χ3v) is 3.93. The molecule has 1 fully saturated rings. The van der Waals surface area contributed by atoms with E-state index >= 15 is 0 Å². The van der Waals surface area contributed by atoms with Crippen molar-refractivity contribution in [1.29, 1.82) is 0 Å². The SMILES string of the molecule is C[C@H]1C[C@@H](NN)CN(c2ccc(F)c3ncccc23)C1. The number of nitrogens with zero attached hydrogens (tertiary/aromatic N) is 2. The highest BCUT2D eigenvalue weighted by atomic mass is 19.1. The molecule has 0 spiro atoms. The minimum Gasteiger partial charge on any atom is -0.369 e. The minimum absolute atomic E-state index is 0.260. The van der Waals surface area contributed by atoms with Gasteiger partial charge in [-0.15, -0.1) is 0 Å². The molecule has 2 aromatic rings. The molecule has 4 nitrogen and oxygen atoms in total. The van der Waals surface area contributed by atoms with E-state index in [1.807, 2.05) is 18.2 Å². The predicted octanol–water partition coefficient (Wildman–Crippen LogP) is 2.05. The number of piperidine rings is 1. The highest BCUT2D eigenvalue weighted by Crippen LogP contribution is 2.30. The van der Waals surface area contributed by atoms with Crippen LogP contribution in [-0.4, -0.2) is 24.1 Å². The predicted molar refractivity (Wildman–Crippen MR) is 78.8 cm³/mol. The van der Waals surface area contributed by atoms with E-state index in [0.29, 0.717) is 11.4 Å². The molecule has 1 aromatic carbocycles. The molecule has 3 N–H and O–H groups in total. The molecule has 1 aromatic heterocycles. The van der Waals surface area contributed by atoms with Gasteiger partial charge in [-0.25, -0.2) is 4.39 Å². The van der Waals surface area contributed by atoms with Gasteiger partial charge in [0.15, 0.2) is 0 Å². The maximum Gasteiger partial charge on any atom is 0.149 e. The zero-order chi connectivity index (χ0) is 14.1. The van der Waals surface area contributed by atoms with Crippen molar-refractivity contribution >= 4 is 16.6 Å². The molecule has 1 saturated heterocycles. The molecule has 0 bridgehead atoms. The number of hydrogen-bond acceptors (Lipinski definition) is 4. The first kappa shape index (κ1) is 13.3. The van der Waals surface area contributed by atoms with Crippen LogP contribution in [0.2, 0.25) is 0 Å². The van der Waals surface area contributed by atoms with E-state index in [1.54, 1.807) is 6.20 Å². The topological polar surface area (TPSA) is 54.2 Å². The van der Waals surface area contributed by atoms with E-state index in [0.717, 1.165) is 30.6 Å². The summed E-state index contributed by atoms with van der Waals surface area (Å²) < 4.78 is 13.8. The van der Waals surface area contributed by atoms with Crippen molar-refractivity contribution in [1.82, 2.24) is 10.4 Å². The Morgan fingerprint density at radius 2 is 2.20 bits per heavy atom. The summed E-state index contributed by atoms with van der Waals surface area (Å²) in [5.74, 6) is 5.86. The third-order valence-electron chi connectivity index (χ3n) is 3.93. The van der Waals surface area contributed by atoms with Crippen molar-refractivity contribution in [2.24, 2.45) is 11.8 Å². The van der Waals surface area contributed by atoms with E-state index in [4.69, 9.17) is 5.84 Å². The fourth-order valence-corrected chi connectivity index (χ4v) is 3.07. The van der Waals surface area contributed by atoms with Crippen LogP contribution >= 0.6 is 0 Å². The van der Waals surface area contributed by atoms with Gasteiger partial charge in [0.05, 0.1) is 0 Å². The van der Waals surface area contributed by atoms with E-state index in [1.165, 1.54) is 6.07 Å². The molecule has 0 amide bonds. The van der Waals surface area contributed by atoms with Gasteiger partial charge < -0.3 is 4.90 Å². The van der Waals surface area contributed by atoms with Gasteiger partial charge in [-0.2, -0.15) is 0 Å². The summed E-state index contributed by atoms with van der Waals surface area (Å²) in [7, 11) is 0. The number of benzene rings is 1. The zero-order valence-corrected chi connectivity index (χ0v) is 11.5. The van der Waals surface area contributed by atoms with E-state index < -0.39 is 0 Å². The van der Waals surface area contributed by atoms with Crippen molar-refractivity contribution in [2.45, 2.75) is 19.4 Å². The molecule has 0 radical (unpaired) electrons. The fraction of sp³-hybridized carbons (Fsp3) is 0.400. The van der Waals surface area contributed by atoms with Gasteiger partial charge in [0.1, 0.15) is 11.3 Å². The number of nitrogens with two attached hydrogens (primary N) is 1. The lowest BCUT2D eigenvalue weighted by molar-refractivity contribution is 0.355. The summed E-state index contributed by atoms with van der Waals surface area (Å²) in [5.41, 5.74) is 4.32. The quantitative estimate of drug-likeness (QED) is 0.650. The second-order valence-electron chi connectivity index (χ2n) is 5.58. The fourth-order valence-electron chi connectivity index (χ4n) is 3.07. The number of fused-ring (bicyclic) bond motifs is 1. The number of rotatable bonds is 2. The number of aromatic nitrogens is 1. The summed E-state index contributed by atoms with van der Waals surface area (Å²) in [6.45, 7) is 3.99. The lowest BCUT2D eigenvalue weighted by Crippen LogP contribution is -2.51. The molecule has 1 aliphatic rings. The summed E-state index contributed by atoms with van der Waals surface area (Å²) in [5, 5.41) is 0.859. The van der Waals surface area contributed by atoms with Gasteiger partial charge in [0.25, 0.3) is 0 Å². The van der Waals surface area contributed by atoms with Gasteiger partial charge in [0, 0.05) is 36.4 Å². The van der Waals surface area contributed by atoms with Gasteiger partial charge in [-0.1, -0.05) is 6.92 Å². The molecule has 2 atom stereocenters. The van der Waals surface area contributed by atoms with Crippen LogP contribution < -0.4 is 16.2 Å². The molecule has 0 saturated carbocycles. The second kappa shape index (κ2) is 5.34. The highest BCUT2D eigenvalue weighted by molar-refractivity contribution is 5.92. The lowest BCUT2D eigenvalue weighted by Gasteiger charge is -2.38. The molecule has 0 aliphatic carbocycles. The molecule has 5 heteroatoms. The van der Waals surface area contributed by atoms with Crippen LogP contribution in [0, 0.1) is 11.7 Å². The van der Waals surface area contributed by atoms with Crippen molar-refractivity contribution in [3.8, 4) is 0 Å². The number of pyridine rings is 1. The molecule has 106 valence electrons. The van der Waals surface area contributed by atoms with E-state index in [2.05, 4.69) is 22.2 Å². The molecule has 2 heterocycles. The smallest absolute Gasteiger partial charge is 0.149 e. The van der Waals surface area contributed by atoms with Crippen LogP contribution in [0.3, 0.4) is 0 Å². The molecule has 0 unspecified atom stereocenters. The monoisotopic (exact) mass is 274 g/mol. The average molecular weight is 274 g/mol. The lowest BCUT2D eigenvalue weighted by atomic mass is 9.95. The minimum atomic E-state index is -0.275. The second-order valence-corrected chi connectivity index (χ2v) is 5.58. The first-order chi connectivity index (χ1) is 9.69. The molecular weight excluding hydrogens is 255 g/mol. The Hall–Kier alpha value is -1.72. The largest absolute Gasteiger partial charge is 0.369 e. The average Bonchev–Trinajstić information content (AvgIpc) is 2.47. The highest BCUT2D eigenvalue weighted by Gasteiger charge is 2.25. The first-order valence-corrected chi connectivity index (χ1v) is 6.93. The summed E-state index contributed by atoms with van der Waals surface area (Å²) >= 11 is 0. The summed E-state index contributed by atoms with van der Waals surface area (Å²) in [6, 6.07) is 7.36. The maximum atomic E-state index is 13.8. The Bertz CT molecular complexity index is 616. The van der Waals surface area contributed by atoms with Gasteiger partial charge in [-0.3, -0.25) is 16.3 Å². The number of halogens is 1. The zero-order valence-electron chi connectivity index (χ0n) is 11.5. The Balaban J connectivity index is 2.03. The van der Waals surface area contributed by atoms with E-state index in [9.17, 15) is 4.39 Å².